The molecule has 2 aromatic carbocycles. The van der Waals surface area contributed by atoms with Crippen LogP contribution in [0, 0.1) is 0 Å². The normalized spacial score (nSPS) is 12.8. The molecule has 16 heavy (non-hydrogen) atoms. The van der Waals surface area contributed by atoms with Gasteiger partial charge in [-0.25, -0.2) is 0 Å². The highest BCUT2D eigenvalue weighted by molar-refractivity contribution is 8.05. The van der Waals surface area contributed by atoms with E-state index in [4.69, 9.17) is 10.0 Å². The summed E-state index contributed by atoms with van der Waals surface area (Å²) in [6, 6.07) is 15.0. The molecule has 1 radical (unpaired) electrons. The fraction of sp³-hybridized carbons (Fsp3) is 0. The van der Waals surface area contributed by atoms with Crippen LogP contribution in [0.5, 0.6) is 0 Å². The van der Waals surface area contributed by atoms with Crippen LogP contribution in [0.25, 0.3) is 0 Å². The summed E-state index contributed by atoms with van der Waals surface area (Å²) in [5, 5.41) is 0. The van der Waals surface area contributed by atoms with Gasteiger partial charge < -0.3 is 0 Å². The van der Waals surface area contributed by atoms with E-state index >= 15 is 0 Å². The molecular weight excluding hydrogens is 271 g/mol. The minimum atomic E-state index is -0.132. The Balaban J connectivity index is 2.12. The number of hydrogen-bond acceptors (Lipinski definition) is 2. The molecule has 1 aliphatic heterocycles. The average Bonchev–Trinajstić information content (AvgIpc) is 2.35. The summed E-state index contributed by atoms with van der Waals surface area (Å²) in [6.45, 7) is 0. The Kier molecular flexibility index (Phi) is 3.24. The number of rotatable bonds is 1. The van der Waals surface area contributed by atoms with E-state index < -0.39 is 0 Å². The molecule has 77 valence electrons. The zero-order valence-corrected chi connectivity index (χ0v) is 11.9. The van der Waals surface area contributed by atoms with Crippen LogP contribution in [0.1, 0.15) is 0 Å². The fourth-order valence-corrected chi connectivity index (χ4v) is 5.59. The maximum atomic E-state index is 6.05. The van der Waals surface area contributed by atoms with Crippen LogP contribution in [0.4, 0.5) is 0 Å². The molecule has 0 aromatic heterocycles. The van der Waals surface area contributed by atoms with Gasteiger partial charge in [-0.05, 0) is 18.2 Å². The first-order valence-electron chi connectivity index (χ1n) is 4.89. The quantitative estimate of drug-likeness (QED) is 0.621. The van der Waals surface area contributed by atoms with E-state index in [9.17, 15) is 0 Å². The van der Waals surface area contributed by atoms with Gasteiger partial charge in [0.05, 0.1) is 0 Å². The van der Waals surface area contributed by atoms with Gasteiger partial charge in [0.1, 0.15) is 0 Å². The number of benzene rings is 2. The van der Waals surface area contributed by atoms with E-state index in [2.05, 4.69) is 42.5 Å². The third-order valence-corrected chi connectivity index (χ3v) is 6.67. The average molecular weight is 278 g/mol. The van der Waals surface area contributed by atoms with E-state index in [-0.39, 0.29) is 14.3 Å². The van der Waals surface area contributed by atoms with Crippen molar-refractivity contribution in [3.63, 3.8) is 0 Å². The second-order valence-electron chi connectivity index (χ2n) is 3.43. The third-order valence-electron chi connectivity index (χ3n) is 2.41. The topological polar surface area (TPSA) is 0 Å². The van der Waals surface area contributed by atoms with Crippen molar-refractivity contribution in [1.82, 2.24) is 0 Å². The van der Waals surface area contributed by atoms with Crippen molar-refractivity contribution in [1.29, 1.82) is 0 Å². The summed E-state index contributed by atoms with van der Waals surface area (Å²) in [7, 11) is 6.05. The molecule has 0 amide bonds. The third kappa shape index (κ3) is 1.92. The van der Waals surface area contributed by atoms with Crippen LogP contribution in [0.2, 0.25) is 0 Å². The fourth-order valence-electron chi connectivity index (χ4n) is 1.66. The maximum Gasteiger partial charge on any atom is 0.399 e. The van der Waals surface area contributed by atoms with Gasteiger partial charge >= 0.3 is 14.3 Å². The second-order valence-corrected chi connectivity index (χ2v) is 7.07. The standard InChI is InChI=1S/C12H7S2.Al.ClH/c1-2-6-10-9(5-1)13-11-7-3-4-8-12(11)14-10;;/h1-7H;;1H/q;+1;/p-1. The van der Waals surface area contributed by atoms with Gasteiger partial charge in [-0.15, -0.1) is 0 Å². The lowest BCUT2D eigenvalue weighted by Gasteiger charge is -2.20. The Hall–Kier alpha value is -0.0375. The lowest BCUT2D eigenvalue weighted by atomic mass is 10.3. The lowest BCUT2D eigenvalue weighted by Crippen LogP contribution is -2.13. The van der Waals surface area contributed by atoms with Crippen molar-refractivity contribution in [3.05, 3.63) is 42.5 Å². The predicted octanol–water partition coefficient (Wildman–Crippen LogP) is 3.79. The van der Waals surface area contributed by atoms with Crippen molar-refractivity contribution < 1.29 is 0 Å². The van der Waals surface area contributed by atoms with Gasteiger partial charge in [0, 0.05) is 19.6 Å². The Labute approximate surface area is 114 Å². The summed E-state index contributed by atoms with van der Waals surface area (Å²) < 4.78 is 1.31. The largest absolute Gasteiger partial charge is 0.399 e. The monoisotopic (exact) mass is 277 g/mol. The SMILES string of the molecule is [Cl][Al][c]1cccc2c1Sc1ccccc1S2. The molecule has 0 bridgehead atoms. The van der Waals surface area contributed by atoms with Crippen molar-refractivity contribution in [3.8, 4) is 0 Å². The van der Waals surface area contributed by atoms with Crippen molar-refractivity contribution in [2.24, 2.45) is 0 Å². The van der Waals surface area contributed by atoms with E-state index in [1.165, 1.54) is 24.0 Å². The van der Waals surface area contributed by atoms with Gasteiger partial charge in [-0.2, -0.15) is 0 Å². The van der Waals surface area contributed by atoms with E-state index in [1.54, 1.807) is 0 Å². The summed E-state index contributed by atoms with van der Waals surface area (Å²) in [5.41, 5.74) is 0. The number of halogens is 1. The smallest absolute Gasteiger partial charge is 0.268 e. The van der Waals surface area contributed by atoms with Crippen molar-refractivity contribution >= 4 is 52.3 Å². The molecule has 1 heterocycles. The predicted molar refractivity (Wildman–Crippen MR) is 72.4 cm³/mol. The maximum absolute atomic E-state index is 6.05. The first-order chi connectivity index (χ1) is 7.88. The molecule has 0 atom stereocenters. The summed E-state index contributed by atoms with van der Waals surface area (Å²) in [6.07, 6.45) is 0. The molecule has 0 fully saturated rings. The highest BCUT2D eigenvalue weighted by Crippen LogP contribution is 2.47. The van der Waals surface area contributed by atoms with Crippen LogP contribution in [0.3, 0.4) is 0 Å². The highest BCUT2D eigenvalue weighted by Gasteiger charge is 2.18. The molecule has 0 unspecified atom stereocenters. The Bertz CT molecular complexity index is 542. The molecule has 1 aliphatic rings. The first-order valence-corrected chi connectivity index (χ1v) is 8.85. The van der Waals surface area contributed by atoms with Gasteiger partial charge in [0.2, 0.25) is 0 Å². The summed E-state index contributed by atoms with van der Waals surface area (Å²) >= 11 is 3.56. The molecule has 0 nitrogen and oxygen atoms in total. The van der Waals surface area contributed by atoms with Crippen LogP contribution in [0.15, 0.2) is 62.0 Å². The van der Waals surface area contributed by atoms with Crippen LogP contribution < -0.4 is 4.43 Å². The van der Waals surface area contributed by atoms with Gasteiger partial charge in [0.25, 0.3) is 0 Å². The van der Waals surface area contributed by atoms with E-state index in [1.807, 2.05) is 23.5 Å². The molecule has 0 spiro atoms. The van der Waals surface area contributed by atoms with Gasteiger partial charge in [-0.1, -0.05) is 52.2 Å². The molecule has 2 aromatic rings. The van der Waals surface area contributed by atoms with Crippen molar-refractivity contribution in [2.75, 3.05) is 0 Å². The Morgan fingerprint density at radius 2 is 1.50 bits per heavy atom. The molecule has 3 rings (SSSR count). The zero-order valence-electron chi connectivity index (χ0n) is 8.31. The minimum Gasteiger partial charge on any atom is -0.268 e. The molecule has 0 saturated heterocycles. The number of fused-ring (bicyclic) bond motifs is 2. The first kappa shape index (κ1) is 11.1. The molecule has 0 aliphatic carbocycles. The second kappa shape index (κ2) is 4.68. The van der Waals surface area contributed by atoms with E-state index in [0.29, 0.717) is 0 Å². The summed E-state index contributed by atoms with van der Waals surface area (Å²) in [5.74, 6) is 0. The Morgan fingerprint density at radius 3 is 2.25 bits per heavy atom. The summed E-state index contributed by atoms with van der Waals surface area (Å²) in [4.78, 5) is 5.39. The van der Waals surface area contributed by atoms with Crippen LogP contribution in [-0.2, 0) is 0 Å². The van der Waals surface area contributed by atoms with E-state index in [0.717, 1.165) is 0 Å². The molecule has 0 N–H and O–H groups in total. The zero-order chi connectivity index (χ0) is 11.0. The van der Waals surface area contributed by atoms with Gasteiger partial charge in [-0.3, -0.25) is 10.0 Å². The lowest BCUT2D eigenvalue weighted by molar-refractivity contribution is 1.17. The van der Waals surface area contributed by atoms with Crippen LogP contribution >= 0.6 is 33.6 Å². The van der Waals surface area contributed by atoms with Crippen LogP contribution in [-0.4, -0.2) is 14.3 Å². The number of hydrogen-bond donors (Lipinski definition) is 0. The Morgan fingerprint density at radius 1 is 0.812 bits per heavy atom. The highest BCUT2D eigenvalue weighted by atomic mass is 35.6. The van der Waals surface area contributed by atoms with Crippen molar-refractivity contribution in [2.45, 2.75) is 19.6 Å². The molecule has 4 heteroatoms. The minimum absolute atomic E-state index is 0.132. The van der Waals surface area contributed by atoms with Gasteiger partial charge in [0.15, 0.2) is 0 Å². The molecular formula is C12H7AlClS2. The molecule has 0 saturated carbocycles.